The number of fused-ring (bicyclic) bond motifs is 3. The monoisotopic (exact) mass is 357 g/mol. The molecule has 0 amide bonds. The Morgan fingerprint density at radius 1 is 1.23 bits per heavy atom. The first kappa shape index (κ1) is 20.5. The van der Waals surface area contributed by atoms with Crippen molar-refractivity contribution in [2.24, 2.45) is 10.8 Å². The van der Waals surface area contributed by atoms with Gasteiger partial charge in [0.15, 0.2) is 5.78 Å². The molecule has 0 unspecified atom stereocenters. The van der Waals surface area contributed by atoms with Crippen molar-refractivity contribution in [3.63, 3.8) is 0 Å². The Morgan fingerprint density at radius 3 is 2.46 bits per heavy atom. The van der Waals surface area contributed by atoms with Crippen LogP contribution >= 0.6 is 0 Å². The average molecular weight is 358 g/mol. The van der Waals surface area contributed by atoms with Gasteiger partial charge in [0.2, 0.25) is 0 Å². The number of carbonyl (C=O) groups is 1. The van der Waals surface area contributed by atoms with Crippen molar-refractivity contribution in [2.45, 2.75) is 74.3 Å². The van der Waals surface area contributed by atoms with Crippen molar-refractivity contribution in [3.05, 3.63) is 29.5 Å². The molecule has 3 nitrogen and oxygen atoms in total. The van der Waals surface area contributed by atoms with E-state index >= 15 is 0 Å². The van der Waals surface area contributed by atoms with Gasteiger partial charge in [-0.3, -0.25) is 4.79 Å². The number of benzene rings is 1. The van der Waals surface area contributed by atoms with Crippen LogP contribution in [0.2, 0.25) is 0 Å². The predicted molar refractivity (Wildman–Crippen MR) is 110 cm³/mol. The van der Waals surface area contributed by atoms with E-state index in [2.05, 4.69) is 30.5 Å². The van der Waals surface area contributed by atoms with Crippen molar-refractivity contribution < 1.29 is 9.53 Å². The summed E-state index contributed by atoms with van der Waals surface area (Å²) in [6, 6.07) is 6.26. The summed E-state index contributed by atoms with van der Waals surface area (Å²) in [5, 5.41) is 1.28. The maximum atomic E-state index is 12.7. The first-order valence-corrected chi connectivity index (χ1v) is 9.84. The van der Waals surface area contributed by atoms with E-state index in [1.807, 2.05) is 40.7 Å². The number of ether oxygens (including phenoxy) is 1. The lowest BCUT2D eigenvalue weighted by molar-refractivity contribution is -0.126. The number of rotatable bonds is 3. The molecule has 3 rings (SSSR count). The Hall–Kier alpha value is -1.77. The number of hydrogen-bond acceptors (Lipinski definition) is 2. The summed E-state index contributed by atoms with van der Waals surface area (Å²) in [4.78, 5) is 12.7. The fourth-order valence-corrected chi connectivity index (χ4v) is 3.63. The molecule has 0 radical (unpaired) electrons. The minimum Gasteiger partial charge on any atom is -0.497 e. The first-order valence-electron chi connectivity index (χ1n) is 9.84. The van der Waals surface area contributed by atoms with Gasteiger partial charge in [0.25, 0.3) is 0 Å². The average Bonchev–Trinajstić information content (AvgIpc) is 2.87. The molecule has 26 heavy (non-hydrogen) atoms. The lowest BCUT2D eigenvalue weighted by atomic mass is 9.76. The molecule has 0 spiro atoms. The normalized spacial score (nSPS) is 15.8. The van der Waals surface area contributed by atoms with Crippen molar-refractivity contribution in [3.8, 4) is 5.75 Å². The van der Waals surface area contributed by atoms with Gasteiger partial charge in [-0.05, 0) is 42.4 Å². The summed E-state index contributed by atoms with van der Waals surface area (Å²) in [6.07, 6.45) is 3.30. The highest BCUT2D eigenvalue weighted by molar-refractivity contribution is 5.90. The third-order valence-electron chi connectivity index (χ3n) is 5.33. The second-order valence-corrected chi connectivity index (χ2v) is 8.91. The van der Waals surface area contributed by atoms with E-state index in [0.29, 0.717) is 6.54 Å². The van der Waals surface area contributed by atoms with E-state index in [-0.39, 0.29) is 16.6 Å². The first-order chi connectivity index (χ1) is 12.1. The zero-order valence-corrected chi connectivity index (χ0v) is 17.8. The zero-order chi connectivity index (χ0) is 19.7. The molecule has 0 bridgehead atoms. The summed E-state index contributed by atoms with van der Waals surface area (Å²) in [5.74, 6) is 1.12. The molecule has 1 aliphatic carbocycles. The number of carbonyl (C=O) groups excluding carboxylic acids is 1. The molecular formula is C23H35NO2. The number of aromatic nitrogens is 1. The maximum Gasteiger partial charge on any atom is 0.157 e. The van der Waals surface area contributed by atoms with Crippen LogP contribution in [0.3, 0.4) is 0 Å². The molecule has 0 fully saturated rings. The number of nitrogens with zero attached hydrogens (tertiary/aromatic N) is 1. The van der Waals surface area contributed by atoms with Gasteiger partial charge in [-0.15, -0.1) is 0 Å². The van der Waals surface area contributed by atoms with Crippen LogP contribution in [0, 0.1) is 10.8 Å². The largest absolute Gasteiger partial charge is 0.497 e. The molecular weight excluding hydrogens is 322 g/mol. The minimum atomic E-state index is -0.327. The summed E-state index contributed by atoms with van der Waals surface area (Å²) < 4.78 is 7.68. The third-order valence-corrected chi connectivity index (χ3v) is 5.33. The van der Waals surface area contributed by atoms with Crippen LogP contribution < -0.4 is 4.74 Å². The molecule has 1 heterocycles. The van der Waals surface area contributed by atoms with Gasteiger partial charge in [0.05, 0.1) is 19.2 Å². The highest BCUT2D eigenvalue weighted by Gasteiger charge is 2.32. The molecule has 1 aromatic heterocycles. The molecule has 1 aromatic carbocycles. The molecule has 3 heteroatoms. The van der Waals surface area contributed by atoms with Crippen LogP contribution in [0.4, 0.5) is 0 Å². The van der Waals surface area contributed by atoms with Crippen LogP contribution in [0.5, 0.6) is 5.75 Å². The fraction of sp³-hybridized carbons (Fsp3) is 0.609. The number of ketones is 1. The standard InChI is InChI=1S/C21H29NO2.C2H6/c1-20(2,3)19(23)13-22-17-11-14(24-6)7-8-15(17)16-9-10-21(4,5)12-18(16)22;1-2/h7-8,11H,9-10,12-13H2,1-6H3;1-2H3. The van der Waals surface area contributed by atoms with E-state index in [0.717, 1.165) is 24.1 Å². The van der Waals surface area contributed by atoms with Gasteiger partial charge in [-0.25, -0.2) is 0 Å². The molecule has 0 atom stereocenters. The predicted octanol–water partition coefficient (Wildman–Crippen LogP) is 5.81. The summed E-state index contributed by atoms with van der Waals surface area (Å²) in [6.45, 7) is 15.1. The minimum absolute atomic E-state index is 0.272. The number of aryl methyl sites for hydroxylation is 1. The van der Waals surface area contributed by atoms with Gasteiger partial charge in [-0.1, -0.05) is 48.5 Å². The zero-order valence-electron chi connectivity index (χ0n) is 17.8. The van der Waals surface area contributed by atoms with Crippen molar-refractivity contribution in [1.29, 1.82) is 0 Å². The third kappa shape index (κ3) is 3.97. The quantitative estimate of drug-likeness (QED) is 0.694. The number of hydrogen-bond donors (Lipinski definition) is 0. The second-order valence-electron chi connectivity index (χ2n) is 8.91. The highest BCUT2D eigenvalue weighted by atomic mass is 16.5. The lowest BCUT2D eigenvalue weighted by Gasteiger charge is -2.31. The van der Waals surface area contributed by atoms with Gasteiger partial charge in [-0.2, -0.15) is 0 Å². The van der Waals surface area contributed by atoms with Gasteiger partial charge in [0.1, 0.15) is 5.75 Å². The fourth-order valence-electron chi connectivity index (χ4n) is 3.63. The molecule has 0 aliphatic heterocycles. The Balaban J connectivity index is 0.00000117. The Bertz CT molecular complexity index is 791. The molecule has 0 saturated heterocycles. The summed E-state index contributed by atoms with van der Waals surface area (Å²) >= 11 is 0. The van der Waals surface area contributed by atoms with Crippen molar-refractivity contribution >= 4 is 16.7 Å². The van der Waals surface area contributed by atoms with E-state index in [9.17, 15) is 4.79 Å². The summed E-state index contributed by atoms with van der Waals surface area (Å²) in [5.41, 5.74) is 3.86. The van der Waals surface area contributed by atoms with Crippen LogP contribution in [-0.4, -0.2) is 17.5 Å². The van der Waals surface area contributed by atoms with Crippen LogP contribution in [0.25, 0.3) is 10.9 Å². The van der Waals surface area contributed by atoms with Crippen LogP contribution in [-0.2, 0) is 24.2 Å². The number of Topliss-reactive ketones (excluding diaryl/α,β-unsaturated/α-hetero) is 1. The SMILES string of the molecule is CC.COc1ccc2c3c(n(CC(=O)C(C)(C)C)c2c1)CC(C)(C)CC3. The van der Waals surface area contributed by atoms with Crippen LogP contribution in [0.15, 0.2) is 18.2 Å². The highest BCUT2D eigenvalue weighted by Crippen LogP contribution is 2.40. The van der Waals surface area contributed by atoms with Gasteiger partial charge >= 0.3 is 0 Å². The lowest BCUT2D eigenvalue weighted by Crippen LogP contribution is -2.28. The topological polar surface area (TPSA) is 31.2 Å². The Kier molecular flexibility index (Phi) is 5.89. The number of methoxy groups -OCH3 is 1. The molecule has 144 valence electrons. The van der Waals surface area contributed by atoms with Gasteiger partial charge < -0.3 is 9.30 Å². The van der Waals surface area contributed by atoms with E-state index in [1.165, 1.54) is 23.1 Å². The van der Waals surface area contributed by atoms with Crippen LogP contribution in [0.1, 0.15) is 66.1 Å². The van der Waals surface area contributed by atoms with Crippen molar-refractivity contribution in [1.82, 2.24) is 4.57 Å². The molecule has 0 N–H and O–H groups in total. The summed E-state index contributed by atoms with van der Waals surface area (Å²) in [7, 11) is 1.69. The Labute approximate surface area is 158 Å². The smallest absolute Gasteiger partial charge is 0.157 e. The van der Waals surface area contributed by atoms with E-state index in [1.54, 1.807) is 7.11 Å². The Morgan fingerprint density at radius 2 is 1.88 bits per heavy atom. The maximum absolute atomic E-state index is 12.7. The molecule has 0 saturated carbocycles. The second kappa shape index (κ2) is 7.46. The van der Waals surface area contributed by atoms with E-state index in [4.69, 9.17) is 4.74 Å². The molecule has 1 aliphatic rings. The molecule has 2 aromatic rings. The van der Waals surface area contributed by atoms with Gasteiger partial charge in [0, 0.05) is 22.6 Å². The van der Waals surface area contributed by atoms with E-state index < -0.39 is 0 Å². The van der Waals surface area contributed by atoms with Crippen molar-refractivity contribution in [2.75, 3.05) is 7.11 Å².